The average Bonchev–Trinajstić information content (AvgIpc) is 2.83. The van der Waals surface area contributed by atoms with E-state index in [1.54, 1.807) is 0 Å². The van der Waals surface area contributed by atoms with E-state index in [1.165, 1.54) is 5.56 Å². The van der Waals surface area contributed by atoms with Crippen molar-refractivity contribution in [2.24, 2.45) is 0 Å². The van der Waals surface area contributed by atoms with Crippen molar-refractivity contribution >= 4 is 24.0 Å². The molecule has 1 saturated heterocycles. The molecule has 2 aliphatic heterocycles. The van der Waals surface area contributed by atoms with Crippen molar-refractivity contribution in [1.82, 2.24) is 10.2 Å². The molecule has 0 aliphatic carbocycles. The fourth-order valence-corrected chi connectivity index (χ4v) is 3.61. The number of carbonyl (C=O) groups excluding carboxylic acids is 1. The number of carbonyl (C=O) groups is 1. The van der Waals surface area contributed by atoms with Crippen LogP contribution in [0.4, 0.5) is 5.69 Å². The van der Waals surface area contributed by atoms with Gasteiger partial charge in [-0.1, -0.05) is 18.2 Å². The van der Waals surface area contributed by atoms with Gasteiger partial charge in [0.15, 0.2) is 0 Å². The van der Waals surface area contributed by atoms with Crippen LogP contribution in [0.15, 0.2) is 24.3 Å². The second-order valence-corrected chi connectivity index (χ2v) is 6.34. The Labute approximate surface area is 139 Å². The average molecular weight is 324 g/mol. The number of amides is 1. The predicted molar refractivity (Wildman–Crippen MR) is 92.9 cm³/mol. The summed E-state index contributed by atoms with van der Waals surface area (Å²) in [6, 6.07) is 9.09. The number of nitrogens with zero attached hydrogens (tertiary/aromatic N) is 2. The van der Waals surface area contributed by atoms with Crippen molar-refractivity contribution in [1.29, 1.82) is 0 Å². The number of anilines is 1. The summed E-state index contributed by atoms with van der Waals surface area (Å²) in [6.07, 6.45) is 3.24. The highest BCUT2D eigenvalue weighted by Crippen LogP contribution is 2.31. The molecule has 1 N–H and O–H groups in total. The summed E-state index contributed by atoms with van der Waals surface area (Å²) < 4.78 is 0. The Balaban J connectivity index is 0.00000176. The van der Waals surface area contributed by atoms with Crippen LogP contribution in [-0.2, 0) is 11.2 Å². The molecule has 1 aromatic carbocycles. The normalized spacial score (nSPS) is 21.6. The molecule has 122 valence electrons. The maximum absolute atomic E-state index is 12.7. The Morgan fingerprint density at radius 2 is 2.00 bits per heavy atom. The number of fused-ring (bicyclic) bond motifs is 1. The molecule has 0 saturated carbocycles. The molecule has 0 aromatic heterocycles. The van der Waals surface area contributed by atoms with Gasteiger partial charge in [-0.2, -0.15) is 0 Å². The van der Waals surface area contributed by atoms with E-state index in [-0.39, 0.29) is 24.4 Å². The van der Waals surface area contributed by atoms with Crippen molar-refractivity contribution in [3.63, 3.8) is 0 Å². The van der Waals surface area contributed by atoms with E-state index >= 15 is 0 Å². The van der Waals surface area contributed by atoms with Gasteiger partial charge in [-0.3, -0.25) is 9.69 Å². The van der Waals surface area contributed by atoms with Crippen LogP contribution in [0, 0.1) is 0 Å². The summed E-state index contributed by atoms with van der Waals surface area (Å²) in [5, 5.41) is 3.38. The van der Waals surface area contributed by atoms with Gasteiger partial charge in [0.2, 0.25) is 5.91 Å². The maximum atomic E-state index is 12.7. The number of likely N-dealkylation sites (N-methyl/N-ethyl adjacent to an activating group) is 1. The second kappa shape index (κ2) is 7.44. The van der Waals surface area contributed by atoms with Crippen LogP contribution in [0.1, 0.15) is 25.3 Å². The van der Waals surface area contributed by atoms with Gasteiger partial charge in [-0.25, -0.2) is 0 Å². The number of nitrogens with one attached hydrogen (secondary N) is 1. The predicted octanol–water partition coefficient (Wildman–Crippen LogP) is 2.07. The molecule has 2 aliphatic rings. The minimum Gasteiger partial charge on any atom is -0.317 e. The maximum Gasteiger partial charge on any atom is 0.241 e. The molecule has 1 atom stereocenters. The Morgan fingerprint density at radius 1 is 1.32 bits per heavy atom. The molecule has 1 fully saturated rings. The molecular weight excluding hydrogens is 298 g/mol. The summed E-state index contributed by atoms with van der Waals surface area (Å²) in [4.78, 5) is 17.0. The van der Waals surface area contributed by atoms with Crippen LogP contribution < -0.4 is 10.2 Å². The molecule has 22 heavy (non-hydrogen) atoms. The smallest absolute Gasteiger partial charge is 0.241 e. The van der Waals surface area contributed by atoms with Gasteiger partial charge in [0.1, 0.15) is 0 Å². The third kappa shape index (κ3) is 3.45. The first-order valence-corrected chi connectivity index (χ1v) is 7.97. The molecule has 1 amide bonds. The van der Waals surface area contributed by atoms with Crippen molar-refractivity contribution in [3.05, 3.63) is 29.8 Å². The number of rotatable bonds is 3. The van der Waals surface area contributed by atoms with Gasteiger partial charge in [0, 0.05) is 17.8 Å². The number of halogens is 1. The summed E-state index contributed by atoms with van der Waals surface area (Å²) in [6.45, 7) is 4.78. The van der Waals surface area contributed by atoms with E-state index in [1.807, 2.05) is 11.0 Å². The SMILES string of the molecule is CC1Cc2ccccc2N1C(=O)CN(C)C1CCNCC1.Cl. The third-order valence-electron chi connectivity index (χ3n) is 4.79. The minimum atomic E-state index is 0. The monoisotopic (exact) mass is 323 g/mol. The molecule has 0 bridgehead atoms. The molecule has 1 unspecified atom stereocenters. The number of hydrogen-bond acceptors (Lipinski definition) is 3. The fourth-order valence-electron chi connectivity index (χ4n) is 3.61. The van der Waals surface area contributed by atoms with Crippen molar-refractivity contribution < 1.29 is 4.79 Å². The van der Waals surface area contributed by atoms with Crippen LogP contribution in [0.2, 0.25) is 0 Å². The van der Waals surface area contributed by atoms with E-state index < -0.39 is 0 Å². The van der Waals surface area contributed by atoms with Gasteiger partial charge in [0.05, 0.1) is 6.54 Å². The highest BCUT2D eigenvalue weighted by molar-refractivity contribution is 5.97. The molecule has 2 heterocycles. The van der Waals surface area contributed by atoms with Crippen LogP contribution in [0.25, 0.3) is 0 Å². The van der Waals surface area contributed by atoms with Crippen LogP contribution >= 0.6 is 12.4 Å². The van der Waals surface area contributed by atoms with E-state index in [2.05, 4.69) is 42.4 Å². The largest absolute Gasteiger partial charge is 0.317 e. The molecular formula is C17H26ClN3O. The van der Waals surface area contributed by atoms with Gasteiger partial charge in [-0.15, -0.1) is 12.4 Å². The van der Waals surface area contributed by atoms with E-state index in [4.69, 9.17) is 0 Å². The Bertz CT molecular complexity index is 516. The molecule has 0 radical (unpaired) electrons. The molecule has 1 aromatic rings. The van der Waals surface area contributed by atoms with Gasteiger partial charge in [0.25, 0.3) is 0 Å². The zero-order valence-corrected chi connectivity index (χ0v) is 14.2. The first-order valence-electron chi connectivity index (χ1n) is 7.97. The number of para-hydroxylation sites is 1. The standard InChI is InChI=1S/C17H25N3O.ClH/c1-13-11-14-5-3-4-6-16(14)20(13)17(21)12-19(2)15-7-9-18-10-8-15;/h3-6,13,15,18H,7-12H2,1-2H3;1H. The lowest BCUT2D eigenvalue weighted by Crippen LogP contribution is -2.47. The Kier molecular flexibility index (Phi) is 5.84. The summed E-state index contributed by atoms with van der Waals surface area (Å²) >= 11 is 0. The summed E-state index contributed by atoms with van der Waals surface area (Å²) in [5.41, 5.74) is 2.40. The Morgan fingerprint density at radius 3 is 2.73 bits per heavy atom. The summed E-state index contributed by atoms with van der Waals surface area (Å²) in [5.74, 6) is 0.230. The third-order valence-corrected chi connectivity index (χ3v) is 4.79. The zero-order chi connectivity index (χ0) is 14.8. The summed E-state index contributed by atoms with van der Waals surface area (Å²) in [7, 11) is 2.08. The first kappa shape index (κ1) is 17.3. The number of benzene rings is 1. The molecule has 4 nitrogen and oxygen atoms in total. The fraction of sp³-hybridized carbons (Fsp3) is 0.588. The molecule has 0 spiro atoms. The van der Waals surface area contributed by atoms with Gasteiger partial charge in [-0.05, 0) is 58.0 Å². The lowest BCUT2D eigenvalue weighted by Gasteiger charge is -2.33. The highest BCUT2D eigenvalue weighted by Gasteiger charge is 2.31. The topological polar surface area (TPSA) is 35.6 Å². The van der Waals surface area contributed by atoms with Crippen LogP contribution in [-0.4, -0.2) is 49.6 Å². The lowest BCUT2D eigenvalue weighted by atomic mass is 10.1. The quantitative estimate of drug-likeness (QED) is 0.925. The number of hydrogen-bond donors (Lipinski definition) is 1. The van der Waals surface area contributed by atoms with E-state index in [9.17, 15) is 4.79 Å². The first-order chi connectivity index (χ1) is 10.2. The Hall–Kier alpha value is -1.10. The molecule has 5 heteroatoms. The highest BCUT2D eigenvalue weighted by atomic mass is 35.5. The van der Waals surface area contributed by atoms with Crippen LogP contribution in [0.5, 0.6) is 0 Å². The zero-order valence-electron chi connectivity index (χ0n) is 13.4. The van der Waals surface area contributed by atoms with Crippen LogP contribution in [0.3, 0.4) is 0 Å². The van der Waals surface area contributed by atoms with Crippen molar-refractivity contribution in [2.75, 3.05) is 31.6 Å². The van der Waals surface area contributed by atoms with Gasteiger partial charge < -0.3 is 10.2 Å². The van der Waals surface area contributed by atoms with E-state index in [0.29, 0.717) is 12.6 Å². The second-order valence-electron chi connectivity index (χ2n) is 6.34. The minimum absolute atomic E-state index is 0. The van der Waals surface area contributed by atoms with Crippen molar-refractivity contribution in [2.45, 2.75) is 38.3 Å². The number of piperidine rings is 1. The van der Waals surface area contributed by atoms with Crippen molar-refractivity contribution in [3.8, 4) is 0 Å². The van der Waals surface area contributed by atoms with Gasteiger partial charge >= 0.3 is 0 Å². The lowest BCUT2D eigenvalue weighted by molar-refractivity contribution is -0.120. The molecule has 3 rings (SSSR count). The van der Waals surface area contributed by atoms with E-state index in [0.717, 1.165) is 38.0 Å².